The van der Waals surface area contributed by atoms with Gasteiger partial charge in [-0.2, -0.15) is 0 Å². The molecule has 7 aromatic rings. The van der Waals surface area contributed by atoms with E-state index in [9.17, 15) is 4.39 Å². The van der Waals surface area contributed by atoms with E-state index in [0.717, 1.165) is 0 Å². The molecule has 0 amide bonds. The summed E-state index contributed by atoms with van der Waals surface area (Å²) in [6.07, 6.45) is 0. The number of hydrogen-bond acceptors (Lipinski definition) is 2. The Labute approximate surface area is 298 Å². The minimum absolute atomic E-state index is 0.509. The molecule has 0 aliphatic rings. The standard InChI is InChI=1S/C44H30BF5O2/c46-38-37(39(47)41(49)42(50)40(38)48)45(51-43(31-19-7-1-8-20-31,32-21-9-2-10-22-32)33-23-11-3-12-24-33)52-44(34-25-13-4-14-26-34,35-27-15-5-16-28-35)36-29-17-6-18-30-36/h1-30H. The lowest BCUT2D eigenvalue weighted by Crippen LogP contribution is -2.53. The number of halogens is 5. The molecule has 256 valence electrons. The van der Waals surface area contributed by atoms with E-state index in [0.29, 0.717) is 33.4 Å². The first-order chi connectivity index (χ1) is 25.4. The van der Waals surface area contributed by atoms with E-state index >= 15 is 17.6 Å². The van der Waals surface area contributed by atoms with Crippen LogP contribution in [0.4, 0.5) is 22.0 Å². The zero-order valence-electron chi connectivity index (χ0n) is 27.6. The molecule has 0 spiro atoms. The maximum atomic E-state index is 16.3. The molecule has 7 rings (SSSR count). The van der Waals surface area contributed by atoms with E-state index in [2.05, 4.69) is 0 Å². The van der Waals surface area contributed by atoms with E-state index < -0.39 is 52.9 Å². The van der Waals surface area contributed by atoms with Crippen LogP contribution >= 0.6 is 0 Å². The van der Waals surface area contributed by atoms with Gasteiger partial charge in [-0.05, 0) is 33.4 Å². The first kappa shape index (κ1) is 34.6. The van der Waals surface area contributed by atoms with Gasteiger partial charge >= 0.3 is 7.12 Å². The van der Waals surface area contributed by atoms with Crippen LogP contribution in [-0.2, 0) is 20.5 Å². The fourth-order valence-electron chi connectivity index (χ4n) is 6.74. The van der Waals surface area contributed by atoms with Gasteiger partial charge in [0.05, 0.1) is 5.46 Å². The second-order valence-corrected chi connectivity index (χ2v) is 12.1. The maximum Gasteiger partial charge on any atom is 0.502 e. The Morgan fingerprint density at radius 1 is 0.288 bits per heavy atom. The smallest absolute Gasteiger partial charge is 0.389 e. The van der Waals surface area contributed by atoms with Crippen molar-refractivity contribution in [3.63, 3.8) is 0 Å². The fourth-order valence-corrected chi connectivity index (χ4v) is 6.74. The van der Waals surface area contributed by atoms with E-state index in [1.165, 1.54) is 0 Å². The normalized spacial score (nSPS) is 11.7. The molecule has 7 aromatic carbocycles. The molecule has 0 atom stereocenters. The topological polar surface area (TPSA) is 18.5 Å². The second kappa shape index (κ2) is 14.8. The Bertz CT molecular complexity index is 1890. The summed E-state index contributed by atoms with van der Waals surface area (Å²) < 4.78 is 92.1. The monoisotopic (exact) mass is 696 g/mol. The molecule has 0 heterocycles. The molecule has 0 unspecified atom stereocenters. The lowest BCUT2D eigenvalue weighted by atomic mass is 9.70. The van der Waals surface area contributed by atoms with Crippen LogP contribution in [0.25, 0.3) is 0 Å². The summed E-state index contributed by atoms with van der Waals surface area (Å²) in [5.74, 6) is -10.7. The van der Waals surface area contributed by atoms with E-state index in [1.807, 2.05) is 0 Å². The van der Waals surface area contributed by atoms with Crippen LogP contribution in [0.2, 0.25) is 0 Å². The van der Waals surface area contributed by atoms with E-state index in [1.54, 1.807) is 182 Å². The Kier molecular flexibility index (Phi) is 9.85. The van der Waals surface area contributed by atoms with Crippen molar-refractivity contribution in [3.8, 4) is 0 Å². The van der Waals surface area contributed by atoms with E-state index in [-0.39, 0.29) is 0 Å². The van der Waals surface area contributed by atoms with Gasteiger partial charge in [-0.25, -0.2) is 22.0 Å². The van der Waals surface area contributed by atoms with Crippen molar-refractivity contribution in [1.29, 1.82) is 0 Å². The second-order valence-electron chi connectivity index (χ2n) is 12.1. The molecule has 0 aliphatic heterocycles. The lowest BCUT2D eigenvalue weighted by Gasteiger charge is -2.42. The number of rotatable bonds is 11. The van der Waals surface area contributed by atoms with Gasteiger partial charge in [-0.1, -0.05) is 182 Å². The Morgan fingerprint density at radius 3 is 0.692 bits per heavy atom. The molecule has 0 fully saturated rings. The first-order valence-electron chi connectivity index (χ1n) is 16.6. The molecular weight excluding hydrogens is 666 g/mol. The fraction of sp³-hybridized carbons (Fsp3) is 0.0455. The molecule has 2 nitrogen and oxygen atoms in total. The average molecular weight is 697 g/mol. The summed E-state index contributed by atoms with van der Waals surface area (Å²) in [5, 5.41) is 0. The molecule has 52 heavy (non-hydrogen) atoms. The number of hydrogen-bond donors (Lipinski definition) is 0. The van der Waals surface area contributed by atoms with E-state index in [4.69, 9.17) is 9.31 Å². The Hall–Kier alpha value is -5.83. The van der Waals surface area contributed by atoms with Gasteiger partial charge < -0.3 is 9.31 Å². The van der Waals surface area contributed by atoms with Crippen molar-refractivity contribution in [2.45, 2.75) is 11.2 Å². The molecule has 0 aromatic heterocycles. The third-order valence-electron chi connectivity index (χ3n) is 9.13. The summed E-state index contributed by atoms with van der Waals surface area (Å²) in [7, 11) is -2.24. The van der Waals surface area contributed by atoms with Crippen LogP contribution in [0.3, 0.4) is 0 Å². The van der Waals surface area contributed by atoms with Crippen molar-refractivity contribution in [2.75, 3.05) is 0 Å². The van der Waals surface area contributed by atoms with Gasteiger partial charge in [0.2, 0.25) is 0 Å². The molecule has 0 aliphatic carbocycles. The highest BCUT2D eigenvalue weighted by atomic mass is 19.2. The summed E-state index contributed by atoms with van der Waals surface area (Å²) in [4.78, 5) is 0. The maximum absolute atomic E-state index is 16.3. The Balaban J connectivity index is 1.60. The summed E-state index contributed by atoms with van der Waals surface area (Å²) >= 11 is 0. The van der Waals surface area contributed by atoms with Crippen LogP contribution in [0.5, 0.6) is 0 Å². The summed E-state index contributed by atoms with van der Waals surface area (Å²) in [6.45, 7) is 0. The highest BCUT2D eigenvalue weighted by molar-refractivity contribution is 6.62. The minimum atomic E-state index is -2.29. The minimum Gasteiger partial charge on any atom is -0.389 e. The van der Waals surface area contributed by atoms with Crippen LogP contribution in [0.15, 0.2) is 182 Å². The molecule has 0 saturated carbocycles. The predicted molar refractivity (Wildman–Crippen MR) is 192 cm³/mol. The quantitative estimate of drug-likeness (QED) is 0.0441. The van der Waals surface area contributed by atoms with Crippen LogP contribution in [0, 0.1) is 29.1 Å². The van der Waals surface area contributed by atoms with Crippen LogP contribution < -0.4 is 5.46 Å². The third kappa shape index (κ3) is 6.10. The van der Waals surface area contributed by atoms with Gasteiger partial charge in [0.25, 0.3) is 0 Å². The average Bonchev–Trinajstić information content (AvgIpc) is 3.22. The summed E-state index contributed by atoms with van der Waals surface area (Å²) in [5.41, 5.74) is -1.66. The predicted octanol–water partition coefficient (Wildman–Crippen LogP) is 10.1. The van der Waals surface area contributed by atoms with Gasteiger partial charge in [0.15, 0.2) is 29.1 Å². The Morgan fingerprint density at radius 2 is 0.481 bits per heavy atom. The zero-order valence-corrected chi connectivity index (χ0v) is 27.6. The molecule has 0 bridgehead atoms. The summed E-state index contributed by atoms with van der Waals surface area (Å²) in [6, 6.07) is 53.3. The van der Waals surface area contributed by atoms with Crippen LogP contribution in [-0.4, -0.2) is 7.12 Å². The first-order valence-corrected chi connectivity index (χ1v) is 16.6. The van der Waals surface area contributed by atoms with Crippen molar-refractivity contribution in [3.05, 3.63) is 244 Å². The van der Waals surface area contributed by atoms with Crippen molar-refractivity contribution in [2.24, 2.45) is 0 Å². The number of benzene rings is 7. The molecule has 0 saturated heterocycles. The highest BCUT2D eigenvalue weighted by Gasteiger charge is 2.50. The van der Waals surface area contributed by atoms with Crippen molar-refractivity contribution >= 4 is 12.6 Å². The van der Waals surface area contributed by atoms with Gasteiger partial charge in [-0.15, -0.1) is 0 Å². The molecule has 0 radical (unpaired) electrons. The molecule has 0 N–H and O–H groups in total. The van der Waals surface area contributed by atoms with Crippen molar-refractivity contribution in [1.82, 2.24) is 0 Å². The molecular formula is C44H30BF5O2. The SMILES string of the molecule is Fc1c(F)c(F)c(B(OC(c2ccccc2)(c2ccccc2)c2ccccc2)OC(c2ccccc2)(c2ccccc2)c2ccccc2)c(F)c1F. The third-order valence-corrected chi connectivity index (χ3v) is 9.13. The van der Waals surface area contributed by atoms with Gasteiger partial charge in [0, 0.05) is 0 Å². The van der Waals surface area contributed by atoms with Gasteiger partial charge in [0.1, 0.15) is 11.2 Å². The van der Waals surface area contributed by atoms with Crippen molar-refractivity contribution < 1.29 is 31.3 Å². The lowest BCUT2D eigenvalue weighted by molar-refractivity contribution is 0.0589. The van der Waals surface area contributed by atoms with Gasteiger partial charge in [-0.3, -0.25) is 0 Å². The van der Waals surface area contributed by atoms with Crippen LogP contribution in [0.1, 0.15) is 33.4 Å². The molecule has 8 heteroatoms. The largest absolute Gasteiger partial charge is 0.502 e. The highest BCUT2D eigenvalue weighted by Crippen LogP contribution is 2.45. The zero-order chi connectivity index (χ0) is 36.1.